The maximum Gasteiger partial charge on any atom is 0.213 e. The lowest BCUT2D eigenvalue weighted by Crippen LogP contribution is -2.25. The molecule has 11 heavy (non-hydrogen) atoms. The van der Waals surface area contributed by atoms with Crippen LogP contribution in [0.1, 0.15) is 12.8 Å². The largest absolute Gasteiger partial charge is 0.213 e. The summed E-state index contributed by atoms with van der Waals surface area (Å²) in [5.41, 5.74) is 0. The second-order valence-corrected chi connectivity index (χ2v) is 5.59. The molecule has 0 N–H and O–H groups in total. The van der Waals surface area contributed by atoms with E-state index in [9.17, 15) is 8.42 Å². The summed E-state index contributed by atoms with van der Waals surface area (Å²) in [5.74, 6) is 0.256. The molecule has 0 fully saturated rings. The van der Waals surface area contributed by atoms with E-state index >= 15 is 0 Å². The highest BCUT2D eigenvalue weighted by molar-refractivity contribution is 9.09. The zero-order chi connectivity index (χ0) is 8.91. The molecule has 5 heteroatoms. The number of sulfonamides is 1. The van der Waals surface area contributed by atoms with Gasteiger partial charge in [0.15, 0.2) is 0 Å². The van der Waals surface area contributed by atoms with Gasteiger partial charge in [-0.3, -0.25) is 0 Å². The average molecular weight is 244 g/mol. The Balaban J connectivity index is 3.75. The van der Waals surface area contributed by atoms with Gasteiger partial charge in [-0.25, -0.2) is 12.7 Å². The summed E-state index contributed by atoms with van der Waals surface area (Å²) in [6.45, 7) is 0. The minimum Gasteiger partial charge on any atom is -0.212 e. The van der Waals surface area contributed by atoms with E-state index < -0.39 is 10.0 Å². The van der Waals surface area contributed by atoms with Gasteiger partial charge in [-0.1, -0.05) is 15.9 Å². The quantitative estimate of drug-likeness (QED) is 0.535. The highest BCUT2D eigenvalue weighted by Crippen LogP contribution is 2.01. The van der Waals surface area contributed by atoms with Crippen molar-refractivity contribution < 1.29 is 8.42 Å². The van der Waals surface area contributed by atoms with Crippen molar-refractivity contribution in [1.82, 2.24) is 4.31 Å². The molecule has 0 aromatic carbocycles. The molecule has 68 valence electrons. The van der Waals surface area contributed by atoms with Crippen LogP contribution < -0.4 is 0 Å². The highest BCUT2D eigenvalue weighted by atomic mass is 79.9. The summed E-state index contributed by atoms with van der Waals surface area (Å²) < 4.78 is 23.5. The molecular formula is C6H14BrNO2S. The van der Waals surface area contributed by atoms with Crippen molar-refractivity contribution >= 4 is 26.0 Å². The fourth-order valence-electron chi connectivity index (χ4n) is 0.562. The topological polar surface area (TPSA) is 37.4 Å². The third-order valence-corrected chi connectivity index (χ3v) is 3.82. The van der Waals surface area contributed by atoms with Crippen LogP contribution >= 0.6 is 15.9 Å². The number of hydrogen-bond donors (Lipinski definition) is 0. The lowest BCUT2D eigenvalue weighted by atomic mass is 10.4. The molecule has 0 aliphatic heterocycles. The summed E-state index contributed by atoms with van der Waals surface area (Å²) >= 11 is 3.25. The monoisotopic (exact) mass is 243 g/mol. The van der Waals surface area contributed by atoms with Crippen molar-refractivity contribution in [3.8, 4) is 0 Å². The Morgan fingerprint density at radius 1 is 1.27 bits per heavy atom. The highest BCUT2D eigenvalue weighted by Gasteiger charge is 2.11. The van der Waals surface area contributed by atoms with E-state index in [4.69, 9.17) is 0 Å². The number of halogens is 1. The first-order valence-corrected chi connectivity index (χ1v) is 6.20. The standard InChI is InChI=1S/C6H14BrNO2S/c1-8(2)11(9,10)6-4-3-5-7/h3-6H2,1-2H3. The first kappa shape index (κ1) is 11.4. The van der Waals surface area contributed by atoms with Gasteiger partial charge in [-0.15, -0.1) is 0 Å². The van der Waals surface area contributed by atoms with Crippen LogP contribution in [-0.4, -0.2) is 37.9 Å². The number of hydrogen-bond acceptors (Lipinski definition) is 2. The first-order chi connectivity index (χ1) is 5.00. The van der Waals surface area contributed by atoms with Crippen molar-refractivity contribution in [2.45, 2.75) is 12.8 Å². The van der Waals surface area contributed by atoms with Gasteiger partial charge >= 0.3 is 0 Å². The van der Waals surface area contributed by atoms with Gasteiger partial charge < -0.3 is 0 Å². The van der Waals surface area contributed by atoms with Gasteiger partial charge in [0.2, 0.25) is 10.0 Å². The summed E-state index contributed by atoms with van der Waals surface area (Å²) in [4.78, 5) is 0. The van der Waals surface area contributed by atoms with Crippen LogP contribution in [0.3, 0.4) is 0 Å². The van der Waals surface area contributed by atoms with Crippen LogP contribution in [-0.2, 0) is 10.0 Å². The van der Waals surface area contributed by atoms with Crippen molar-refractivity contribution in [1.29, 1.82) is 0 Å². The second-order valence-electron chi connectivity index (χ2n) is 2.49. The predicted octanol–water partition coefficient (Wildman–Crippen LogP) is 1.05. The average Bonchev–Trinajstić information content (AvgIpc) is 1.88. The van der Waals surface area contributed by atoms with Crippen LogP contribution in [0, 0.1) is 0 Å². The molecule has 0 aliphatic carbocycles. The SMILES string of the molecule is CN(C)S(=O)(=O)CCCCBr. The molecule has 0 aromatic rings. The van der Waals surface area contributed by atoms with Crippen molar-refractivity contribution in [3.63, 3.8) is 0 Å². The molecule has 0 saturated carbocycles. The minimum absolute atomic E-state index is 0.256. The predicted molar refractivity (Wildman–Crippen MR) is 50.5 cm³/mol. The van der Waals surface area contributed by atoms with Gasteiger partial charge in [-0.2, -0.15) is 0 Å². The summed E-state index contributed by atoms with van der Waals surface area (Å²) in [6.07, 6.45) is 1.64. The van der Waals surface area contributed by atoms with Gasteiger partial charge in [0.1, 0.15) is 0 Å². The maximum atomic E-state index is 11.1. The molecule has 0 rings (SSSR count). The van der Waals surface area contributed by atoms with E-state index in [1.54, 1.807) is 14.1 Å². The molecule has 3 nitrogen and oxygen atoms in total. The molecule has 0 saturated heterocycles. The normalized spacial score (nSPS) is 12.4. The van der Waals surface area contributed by atoms with E-state index in [0.717, 1.165) is 18.2 Å². The maximum absolute atomic E-state index is 11.1. The van der Waals surface area contributed by atoms with Gasteiger partial charge in [0.25, 0.3) is 0 Å². The van der Waals surface area contributed by atoms with Crippen molar-refractivity contribution in [2.75, 3.05) is 25.2 Å². The van der Waals surface area contributed by atoms with E-state index in [-0.39, 0.29) is 5.75 Å². The molecule has 0 aromatic heterocycles. The number of unbranched alkanes of at least 4 members (excludes halogenated alkanes) is 1. The molecule has 0 aliphatic rings. The lowest BCUT2D eigenvalue weighted by Gasteiger charge is -2.09. The molecule has 0 radical (unpaired) electrons. The minimum atomic E-state index is -2.96. The number of nitrogens with zero attached hydrogens (tertiary/aromatic N) is 1. The van der Waals surface area contributed by atoms with E-state index in [1.165, 1.54) is 4.31 Å². The molecule has 0 amide bonds. The van der Waals surface area contributed by atoms with Crippen LogP contribution in [0.25, 0.3) is 0 Å². The number of alkyl halides is 1. The fraction of sp³-hybridized carbons (Fsp3) is 1.00. The van der Waals surface area contributed by atoms with Crippen molar-refractivity contribution in [2.24, 2.45) is 0 Å². The van der Waals surface area contributed by atoms with Gasteiger partial charge in [0.05, 0.1) is 5.75 Å². The van der Waals surface area contributed by atoms with E-state index in [0.29, 0.717) is 0 Å². The third-order valence-electron chi connectivity index (χ3n) is 1.34. The zero-order valence-electron chi connectivity index (χ0n) is 6.88. The fourth-order valence-corrected chi connectivity index (χ4v) is 1.89. The van der Waals surface area contributed by atoms with Crippen LogP contribution in [0.5, 0.6) is 0 Å². The molecule has 0 spiro atoms. The Morgan fingerprint density at radius 3 is 2.18 bits per heavy atom. The molecule has 0 unspecified atom stereocenters. The second kappa shape index (κ2) is 5.11. The Morgan fingerprint density at radius 2 is 1.82 bits per heavy atom. The van der Waals surface area contributed by atoms with Crippen LogP contribution in [0.4, 0.5) is 0 Å². The third kappa shape index (κ3) is 4.76. The molecule has 0 heterocycles. The Labute approximate surface area is 77.0 Å². The lowest BCUT2D eigenvalue weighted by molar-refractivity contribution is 0.518. The van der Waals surface area contributed by atoms with E-state index in [2.05, 4.69) is 15.9 Å². The van der Waals surface area contributed by atoms with Gasteiger partial charge in [-0.05, 0) is 12.8 Å². The number of rotatable bonds is 5. The first-order valence-electron chi connectivity index (χ1n) is 3.47. The Hall–Kier alpha value is 0.390. The van der Waals surface area contributed by atoms with Gasteiger partial charge in [0, 0.05) is 19.4 Å². The smallest absolute Gasteiger partial charge is 0.212 e. The summed E-state index contributed by atoms with van der Waals surface area (Å²) in [7, 11) is 0.160. The molecule has 0 atom stereocenters. The van der Waals surface area contributed by atoms with Crippen LogP contribution in [0.15, 0.2) is 0 Å². The summed E-state index contributed by atoms with van der Waals surface area (Å²) in [5, 5.41) is 0.871. The Kier molecular flexibility index (Phi) is 5.29. The molecule has 0 bridgehead atoms. The van der Waals surface area contributed by atoms with E-state index in [1.807, 2.05) is 0 Å². The molecular weight excluding hydrogens is 230 g/mol. The zero-order valence-corrected chi connectivity index (χ0v) is 9.28. The van der Waals surface area contributed by atoms with Crippen molar-refractivity contribution in [3.05, 3.63) is 0 Å². The summed E-state index contributed by atoms with van der Waals surface area (Å²) in [6, 6.07) is 0. The van der Waals surface area contributed by atoms with Crippen LogP contribution in [0.2, 0.25) is 0 Å². The Bertz CT molecular complexity index is 189.